The van der Waals surface area contributed by atoms with E-state index in [1.165, 1.54) is 14.2 Å². The van der Waals surface area contributed by atoms with Crippen LogP contribution in [0, 0.1) is 5.92 Å². The van der Waals surface area contributed by atoms with Crippen LogP contribution in [0.25, 0.3) is 0 Å². The molecule has 0 spiro atoms. The molecule has 3 unspecified atom stereocenters. The minimum atomic E-state index is -0.485. The Balaban J connectivity index is 1.46. The Morgan fingerprint density at radius 1 is 0.917 bits per heavy atom. The van der Waals surface area contributed by atoms with Crippen molar-refractivity contribution in [3.63, 3.8) is 0 Å². The number of methoxy groups -OCH3 is 2. The van der Waals surface area contributed by atoms with Crippen LogP contribution in [0.2, 0.25) is 0 Å². The number of rotatable bonds is 4. The molecule has 184 valence electrons. The molecule has 1 aliphatic carbocycles. The van der Waals surface area contributed by atoms with Crippen molar-refractivity contribution in [2.75, 3.05) is 31.6 Å². The Morgan fingerprint density at radius 3 is 2.39 bits per heavy atom. The number of para-hydroxylation sites is 2. The number of ketones is 1. The predicted octanol–water partition coefficient (Wildman–Crippen LogP) is 4.97. The van der Waals surface area contributed by atoms with Crippen LogP contribution in [0.5, 0.6) is 28.7 Å². The molecule has 3 aliphatic rings. The first-order valence-corrected chi connectivity index (χ1v) is 11.8. The molecule has 0 saturated heterocycles. The molecular weight excluding hydrogens is 460 g/mol. The third kappa shape index (κ3) is 3.66. The molecule has 3 aromatic rings. The van der Waals surface area contributed by atoms with Gasteiger partial charge in [0.25, 0.3) is 0 Å². The highest BCUT2D eigenvalue weighted by Gasteiger charge is 2.40. The van der Waals surface area contributed by atoms with Crippen LogP contribution in [0.3, 0.4) is 0 Å². The zero-order valence-electron chi connectivity index (χ0n) is 19.9. The van der Waals surface area contributed by atoms with E-state index < -0.39 is 12.0 Å². The third-order valence-corrected chi connectivity index (χ3v) is 7.02. The van der Waals surface area contributed by atoms with Crippen molar-refractivity contribution in [2.24, 2.45) is 5.92 Å². The highest BCUT2D eigenvalue weighted by atomic mass is 16.7. The smallest absolute Gasteiger partial charge is 0.231 e. The van der Waals surface area contributed by atoms with E-state index in [4.69, 9.17) is 18.9 Å². The Hall–Kier alpha value is -4.33. The Labute approximate surface area is 208 Å². The summed E-state index contributed by atoms with van der Waals surface area (Å²) in [6, 6.07) is 16.8. The molecule has 0 saturated carbocycles. The zero-order valence-corrected chi connectivity index (χ0v) is 19.9. The first-order valence-electron chi connectivity index (χ1n) is 11.8. The van der Waals surface area contributed by atoms with E-state index in [0.29, 0.717) is 17.9 Å². The van der Waals surface area contributed by atoms with Crippen LogP contribution < -0.4 is 29.6 Å². The minimum Gasteiger partial charge on any atom is -0.502 e. The third-order valence-electron chi connectivity index (χ3n) is 7.02. The highest BCUT2D eigenvalue weighted by molar-refractivity contribution is 5.90. The summed E-state index contributed by atoms with van der Waals surface area (Å²) >= 11 is 0. The molecule has 8 heteroatoms. The first kappa shape index (κ1) is 22.2. The number of anilines is 2. The lowest BCUT2D eigenvalue weighted by atomic mass is 9.76. The van der Waals surface area contributed by atoms with Crippen LogP contribution in [0.4, 0.5) is 11.4 Å². The second kappa shape index (κ2) is 8.71. The molecule has 3 N–H and O–H groups in total. The van der Waals surface area contributed by atoms with Crippen LogP contribution in [-0.2, 0) is 4.79 Å². The average molecular weight is 487 g/mol. The maximum Gasteiger partial charge on any atom is 0.231 e. The summed E-state index contributed by atoms with van der Waals surface area (Å²) in [5.41, 5.74) is 4.34. The molecule has 8 nitrogen and oxygen atoms in total. The zero-order chi connectivity index (χ0) is 24.8. The largest absolute Gasteiger partial charge is 0.502 e. The highest BCUT2D eigenvalue weighted by Crippen LogP contribution is 2.48. The number of phenols is 1. The molecule has 2 aliphatic heterocycles. The molecule has 2 heterocycles. The number of benzene rings is 3. The van der Waals surface area contributed by atoms with E-state index in [1.54, 1.807) is 12.1 Å². The molecule has 0 amide bonds. The van der Waals surface area contributed by atoms with Crippen LogP contribution in [-0.4, -0.2) is 31.9 Å². The van der Waals surface area contributed by atoms with Gasteiger partial charge in [-0.15, -0.1) is 0 Å². The molecule has 3 aromatic carbocycles. The Bertz CT molecular complexity index is 1360. The molecule has 0 bridgehead atoms. The summed E-state index contributed by atoms with van der Waals surface area (Å²) in [7, 11) is 2.98. The van der Waals surface area contributed by atoms with Crippen LogP contribution in [0.15, 0.2) is 66.4 Å². The lowest BCUT2D eigenvalue weighted by Gasteiger charge is -2.33. The van der Waals surface area contributed by atoms with E-state index in [1.807, 2.05) is 42.5 Å². The van der Waals surface area contributed by atoms with Crippen molar-refractivity contribution < 1.29 is 28.8 Å². The fourth-order valence-corrected chi connectivity index (χ4v) is 5.23. The number of nitrogens with one attached hydrogen (secondary N) is 2. The van der Waals surface area contributed by atoms with Gasteiger partial charge in [-0.2, -0.15) is 0 Å². The second-order valence-corrected chi connectivity index (χ2v) is 9.06. The summed E-state index contributed by atoms with van der Waals surface area (Å²) in [6.07, 6.45) is 2.48. The van der Waals surface area contributed by atoms with Crippen molar-refractivity contribution in [1.82, 2.24) is 0 Å². The van der Waals surface area contributed by atoms with Gasteiger partial charge in [-0.3, -0.25) is 4.79 Å². The maximum atomic E-state index is 13.8. The van der Waals surface area contributed by atoms with Gasteiger partial charge in [-0.25, -0.2) is 0 Å². The van der Waals surface area contributed by atoms with Gasteiger partial charge in [0.15, 0.2) is 23.0 Å². The van der Waals surface area contributed by atoms with Crippen molar-refractivity contribution in [3.05, 3.63) is 77.5 Å². The summed E-state index contributed by atoms with van der Waals surface area (Å²) in [4.78, 5) is 13.8. The van der Waals surface area contributed by atoms with E-state index >= 15 is 0 Å². The first-order chi connectivity index (χ1) is 17.6. The number of hydrogen-bond donors (Lipinski definition) is 3. The van der Waals surface area contributed by atoms with E-state index in [0.717, 1.165) is 28.2 Å². The van der Waals surface area contributed by atoms with Gasteiger partial charge >= 0.3 is 0 Å². The van der Waals surface area contributed by atoms with Gasteiger partial charge < -0.3 is 34.7 Å². The number of allylic oxidation sites excluding steroid dienone is 1. The number of hydrogen-bond acceptors (Lipinski definition) is 8. The standard InChI is InChI=1S/C28H26N2O6/c1-33-24-12-17(13-25(34-2)28(24)32)27-26-20(29-18-5-3-4-6-19(18)30-27)9-16(10-21(26)31)15-7-8-22-23(11-15)36-14-35-22/h3-9,11-13,16,26-27,29-30,32H,10,14H2,1-2H3. The van der Waals surface area contributed by atoms with Gasteiger partial charge in [-0.05, 0) is 47.5 Å². The van der Waals surface area contributed by atoms with E-state index in [-0.39, 0.29) is 35.7 Å². The van der Waals surface area contributed by atoms with Gasteiger partial charge in [-0.1, -0.05) is 24.3 Å². The van der Waals surface area contributed by atoms with Crippen molar-refractivity contribution in [2.45, 2.75) is 18.4 Å². The summed E-state index contributed by atoms with van der Waals surface area (Å²) < 4.78 is 21.8. The van der Waals surface area contributed by atoms with Crippen LogP contribution >= 0.6 is 0 Å². The van der Waals surface area contributed by atoms with Gasteiger partial charge in [0.05, 0.1) is 37.6 Å². The number of aromatic hydroxyl groups is 1. The Kier molecular flexibility index (Phi) is 5.36. The number of fused-ring (bicyclic) bond motifs is 3. The number of carbonyl (C=O) groups is 1. The summed E-state index contributed by atoms with van der Waals surface area (Å²) in [5.74, 6) is 1.40. The van der Waals surface area contributed by atoms with Crippen molar-refractivity contribution in [1.29, 1.82) is 0 Å². The molecule has 0 fully saturated rings. The summed E-state index contributed by atoms with van der Waals surface area (Å²) in [5, 5.41) is 17.5. The predicted molar refractivity (Wildman–Crippen MR) is 134 cm³/mol. The number of Topliss-reactive ketones (excluding diaryl/α,β-unsaturated/α-hetero) is 1. The Morgan fingerprint density at radius 2 is 1.64 bits per heavy atom. The number of ether oxygens (including phenoxy) is 4. The summed E-state index contributed by atoms with van der Waals surface area (Å²) in [6.45, 7) is 0.205. The number of carbonyl (C=O) groups excluding carboxylic acids is 1. The van der Waals surface area contributed by atoms with Gasteiger partial charge in [0.2, 0.25) is 12.5 Å². The molecule has 3 atom stereocenters. The topological polar surface area (TPSA) is 98.3 Å². The van der Waals surface area contributed by atoms with Gasteiger partial charge in [0, 0.05) is 18.0 Å². The monoisotopic (exact) mass is 486 g/mol. The molecule has 0 radical (unpaired) electrons. The number of phenolic OH excluding ortho intramolecular Hbond substituents is 1. The normalized spacial score (nSPS) is 21.8. The van der Waals surface area contributed by atoms with E-state index in [2.05, 4.69) is 16.7 Å². The molecule has 36 heavy (non-hydrogen) atoms. The quantitative estimate of drug-likeness (QED) is 0.475. The lowest BCUT2D eigenvalue weighted by molar-refractivity contribution is -0.122. The SMILES string of the molecule is COc1cc(C2Nc3ccccc3NC3=CC(c4ccc5c(c4)OCO5)CC(=O)C32)cc(OC)c1O. The fraction of sp³-hybridized carbons (Fsp3) is 0.250. The average Bonchev–Trinajstić information content (AvgIpc) is 3.29. The second-order valence-electron chi connectivity index (χ2n) is 9.06. The molecular formula is C28H26N2O6. The van der Waals surface area contributed by atoms with Crippen molar-refractivity contribution >= 4 is 17.2 Å². The maximum absolute atomic E-state index is 13.8. The minimum absolute atomic E-state index is 0.0792. The van der Waals surface area contributed by atoms with Crippen molar-refractivity contribution in [3.8, 4) is 28.7 Å². The van der Waals surface area contributed by atoms with E-state index in [9.17, 15) is 9.90 Å². The fourth-order valence-electron chi connectivity index (χ4n) is 5.23. The van der Waals surface area contributed by atoms with Crippen LogP contribution in [0.1, 0.15) is 29.5 Å². The van der Waals surface area contributed by atoms with Gasteiger partial charge in [0.1, 0.15) is 5.78 Å². The molecule has 0 aromatic heterocycles. The molecule has 6 rings (SSSR count). The lowest BCUT2D eigenvalue weighted by Crippen LogP contribution is -2.33.